The summed E-state index contributed by atoms with van der Waals surface area (Å²) in [5, 5.41) is 23.3. The Kier molecular flexibility index (Phi) is 3.86. The van der Waals surface area contributed by atoms with Crippen LogP contribution in [0.15, 0.2) is 35.5 Å². The number of hydrogen-bond acceptors (Lipinski definition) is 6. The van der Waals surface area contributed by atoms with Crippen LogP contribution in [-0.2, 0) is 14.9 Å². The van der Waals surface area contributed by atoms with Gasteiger partial charge in [0.2, 0.25) is 0 Å². The number of rotatable bonds is 3. The molecule has 2 saturated heterocycles. The zero-order valence-electron chi connectivity index (χ0n) is 15.5. The predicted molar refractivity (Wildman–Crippen MR) is 100 cm³/mol. The quantitative estimate of drug-likeness (QED) is 0.695. The second-order valence-corrected chi connectivity index (χ2v) is 8.39. The van der Waals surface area contributed by atoms with E-state index in [-0.39, 0.29) is 29.8 Å². The number of fused-ring (bicyclic) bond motifs is 1. The van der Waals surface area contributed by atoms with E-state index >= 15 is 0 Å². The Balaban J connectivity index is 1.66. The summed E-state index contributed by atoms with van der Waals surface area (Å²) in [5.41, 5.74) is 3.95. The molecular formula is C21H26N2O4. The number of piperidine rings is 1. The maximum absolute atomic E-state index is 12.7. The average molecular weight is 370 g/mol. The van der Waals surface area contributed by atoms with E-state index in [9.17, 15) is 15.0 Å². The largest absolute Gasteiger partial charge is 0.466 e. The lowest BCUT2D eigenvalue weighted by molar-refractivity contribution is -0.137. The summed E-state index contributed by atoms with van der Waals surface area (Å²) in [6, 6.07) is 8.69. The average Bonchev–Trinajstić information content (AvgIpc) is 3.26. The van der Waals surface area contributed by atoms with Gasteiger partial charge in [0.15, 0.2) is 0 Å². The molecule has 6 heteroatoms. The number of hydrogen-bond donors (Lipinski definition) is 3. The zero-order valence-corrected chi connectivity index (χ0v) is 15.5. The van der Waals surface area contributed by atoms with Crippen LogP contribution in [0.25, 0.3) is 0 Å². The minimum absolute atomic E-state index is 0.0384. The van der Waals surface area contributed by atoms with Crippen LogP contribution in [0.2, 0.25) is 0 Å². The van der Waals surface area contributed by atoms with Crippen molar-refractivity contribution < 1.29 is 19.7 Å². The molecule has 6 nitrogen and oxygen atoms in total. The molecule has 3 aliphatic heterocycles. The highest BCUT2D eigenvalue weighted by atomic mass is 16.5. The molecule has 1 spiro atoms. The molecule has 5 rings (SSSR count). The highest BCUT2D eigenvalue weighted by Gasteiger charge is 2.62. The number of anilines is 1. The Hall–Kier alpha value is -1.89. The highest BCUT2D eigenvalue weighted by molar-refractivity contribution is 5.93. The smallest absolute Gasteiger partial charge is 0.335 e. The Bertz CT molecular complexity index is 822. The SMILES string of the molecule is COC(=O)C1=C2Nc3ccccc3[C@]23CCN2C[C@@H]([C@@H](O)CO)C[C@@H](C1)[C@@H]23. The molecule has 144 valence electrons. The first-order valence-corrected chi connectivity index (χ1v) is 9.81. The summed E-state index contributed by atoms with van der Waals surface area (Å²) in [7, 11) is 1.44. The van der Waals surface area contributed by atoms with Crippen molar-refractivity contribution in [2.24, 2.45) is 11.8 Å². The number of para-hydroxylation sites is 1. The van der Waals surface area contributed by atoms with Gasteiger partial charge in [-0.2, -0.15) is 0 Å². The molecule has 0 aromatic heterocycles. The monoisotopic (exact) mass is 370 g/mol. The molecule has 3 N–H and O–H groups in total. The molecule has 2 fully saturated rings. The van der Waals surface area contributed by atoms with Gasteiger partial charge in [-0.1, -0.05) is 18.2 Å². The standard InChI is InChI=1S/C21H26N2O4/c1-27-20(26)14-9-12-8-13(17(25)11-24)10-23-7-6-21(19(12)23)15-4-2-3-5-16(15)22-18(14)21/h2-5,12-13,17,19,22,24-25H,6-11H2,1H3/t12-,13-,17-,19+,21+/m0/s1. The van der Waals surface area contributed by atoms with Crippen molar-refractivity contribution in [2.45, 2.75) is 36.8 Å². The minimum Gasteiger partial charge on any atom is -0.466 e. The van der Waals surface area contributed by atoms with Gasteiger partial charge in [-0.15, -0.1) is 0 Å². The maximum atomic E-state index is 12.7. The first-order valence-electron chi connectivity index (χ1n) is 9.81. The molecule has 0 radical (unpaired) electrons. The van der Waals surface area contributed by atoms with Gasteiger partial charge in [-0.25, -0.2) is 4.79 Å². The van der Waals surface area contributed by atoms with E-state index in [1.165, 1.54) is 12.7 Å². The molecule has 1 aliphatic carbocycles. The van der Waals surface area contributed by atoms with Gasteiger partial charge < -0.3 is 20.3 Å². The van der Waals surface area contributed by atoms with Crippen LogP contribution < -0.4 is 5.32 Å². The van der Waals surface area contributed by atoms with Gasteiger partial charge in [0.1, 0.15) is 0 Å². The van der Waals surface area contributed by atoms with E-state index in [4.69, 9.17) is 4.74 Å². The number of nitrogens with one attached hydrogen (secondary N) is 1. The van der Waals surface area contributed by atoms with Crippen LogP contribution in [0.1, 0.15) is 24.8 Å². The van der Waals surface area contributed by atoms with E-state index in [1.807, 2.05) is 6.07 Å². The molecule has 0 saturated carbocycles. The third kappa shape index (κ3) is 2.21. The van der Waals surface area contributed by atoms with Crippen molar-refractivity contribution in [3.63, 3.8) is 0 Å². The fourth-order valence-electron chi connectivity index (χ4n) is 6.29. The first-order chi connectivity index (χ1) is 13.1. The predicted octanol–water partition coefficient (Wildman–Crippen LogP) is 1.24. The molecule has 3 heterocycles. The number of carbonyl (C=O) groups is 1. The first kappa shape index (κ1) is 17.2. The summed E-state index contributed by atoms with van der Waals surface area (Å²) in [4.78, 5) is 15.1. The zero-order chi connectivity index (χ0) is 18.8. The summed E-state index contributed by atoms with van der Waals surface area (Å²) >= 11 is 0. The van der Waals surface area contributed by atoms with Crippen molar-refractivity contribution in [1.29, 1.82) is 0 Å². The number of ether oxygens (including phenoxy) is 1. The van der Waals surface area contributed by atoms with E-state index in [0.29, 0.717) is 12.5 Å². The van der Waals surface area contributed by atoms with Crippen molar-refractivity contribution in [3.05, 3.63) is 41.1 Å². The Morgan fingerprint density at radius 3 is 3.04 bits per heavy atom. The fourth-order valence-corrected chi connectivity index (χ4v) is 6.29. The summed E-state index contributed by atoms with van der Waals surface area (Å²) in [6.07, 6.45) is 1.72. The summed E-state index contributed by atoms with van der Waals surface area (Å²) in [6.45, 7) is 1.52. The molecule has 1 aromatic rings. The molecule has 0 amide bonds. The number of nitrogens with zero attached hydrogens (tertiary/aromatic N) is 1. The van der Waals surface area contributed by atoms with E-state index in [2.05, 4.69) is 28.4 Å². The lowest BCUT2D eigenvalue weighted by Crippen LogP contribution is -2.57. The van der Waals surface area contributed by atoms with E-state index in [0.717, 1.165) is 42.9 Å². The molecule has 5 atom stereocenters. The van der Waals surface area contributed by atoms with E-state index in [1.54, 1.807) is 0 Å². The number of aliphatic hydroxyl groups excluding tert-OH is 2. The van der Waals surface area contributed by atoms with Crippen LogP contribution in [0.3, 0.4) is 0 Å². The van der Waals surface area contributed by atoms with Crippen LogP contribution in [0.5, 0.6) is 0 Å². The summed E-state index contributed by atoms with van der Waals surface area (Å²) in [5.74, 6) is 0.0427. The maximum Gasteiger partial charge on any atom is 0.335 e. The number of esters is 1. The van der Waals surface area contributed by atoms with Gasteiger partial charge in [-0.05, 0) is 43.4 Å². The van der Waals surface area contributed by atoms with Crippen LogP contribution in [-0.4, -0.2) is 60.0 Å². The molecular weight excluding hydrogens is 344 g/mol. The third-order valence-corrected chi connectivity index (χ3v) is 7.26. The minimum atomic E-state index is -0.705. The fraction of sp³-hybridized carbons (Fsp3) is 0.571. The van der Waals surface area contributed by atoms with Gasteiger partial charge in [0, 0.05) is 29.9 Å². The second-order valence-electron chi connectivity index (χ2n) is 8.39. The normalized spacial score (nSPS) is 35.1. The second kappa shape index (κ2) is 6.06. The topological polar surface area (TPSA) is 82.0 Å². The van der Waals surface area contributed by atoms with E-state index < -0.39 is 6.10 Å². The lowest BCUT2D eigenvalue weighted by atomic mass is 9.60. The molecule has 0 unspecified atom stereocenters. The highest BCUT2D eigenvalue weighted by Crippen LogP contribution is 2.61. The number of methoxy groups -OCH3 is 1. The molecule has 27 heavy (non-hydrogen) atoms. The summed E-state index contributed by atoms with van der Waals surface area (Å²) < 4.78 is 5.14. The number of aliphatic hydroxyl groups is 2. The van der Waals surface area contributed by atoms with Crippen molar-refractivity contribution in [1.82, 2.24) is 4.90 Å². The van der Waals surface area contributed by atoms with Gasteiger partial charge in [-0.3, -0.25) is 4.90 Å². The van der Waals surface area contributed by atoms with Crippen molar-refractivity contribution >= 4 is 11.7 Å². The van der Waals surface area contributed by atoms with Gasteiger partial charge in [0.05, 0.1) is 30.8 Å². The molecule has 0 bridgehead atoms. The molecule has 4 aliphatic rings. The van der Waals surface area contributed by atoms with Gasteiger partial charge >= 0.3 is 5.97 Å². The number of benzene rings is 1. The van der Waals surface area contributed by atoms with Crippen LogP contribution in [0.4, 0.5) is 5.69 Å². The Labute approximate surface area is 158 Å². The van der Waals surface area contributed by atoms with Crippen LogP contribution in [0, 0.1) is 11.8 Å². The van der Waals surface area contributed by atoms with Crippen LogP contribution >= 0.6 is 0 Å². The molecule has 1 aromatic carbocycles. The van der Waals surface area contributed by atoms with Crippen molar-refractivity contribution in [3.8, 4) is 0 Å². The van der Waals surface area contributed by atoms with Gasteiger partial charge in [0.25, 0.3) is 0 Å². The Morgan fingerprint density at radius 1 is 1.44 bits per heavy atom. The number of carbonyl (C=O) groups excluding carboxylic acids is 1. The van der Waals surface area contributed by atoms with Crippen molar-refractivity contribution in [2.75, 3.05) is 32.1 Å². The lowest BCUT2D eigenvalue weighted by Gasteiger charge is -2.50. The third-order valence-electron chi connectivity index (χ3n) is 7.26. The Morgan fingerprint density at radius 2 is 2.26 bits per heavy atom.